The monoisotopic (exact) mass is 257 g/mol. The molecule has 1 aromatic rings. The van der Waals surface area contributed by atoms with E-state index < -0.39 is 0 Å². The predicted octanol–water partition coefficient (Wildman–Crippen LogP) is 3.62. The molecule has 1 aliphatic carbocycles. The lowest BCUT2D eigenvalue weighted by Crippen LogP contribution is -2.29. The summed E-state index contributed by atoms with van der Waals surface area (Å²) in [5.41, 5.74) is 6.48. The number of nitrogens with two attached hydrogens (primary N) is 1. The molecule has 0 aliphatic heterocycles. The van der Waals surface area contributed by atoms with Gasteiger partial charge in [0.1, 0.15) is 5.76 Å². The molecule has 0 aromatic carbocycles. The van der Waals surface area contributed by atoms with Crippen LogP contribution in [0.25, 0.3) is 0 Å². The molecule has 1 atom stereocenters. The summed E-state index contributed by atoms with van der Waals surface area (Å²) in [7, 11) is 0. The topological polar surface area (TPSA) is 39.2 Å². The van der Waals surface area contributed by atoms with Gasteiger partial charge in [-0.1, -0.05) is 19.8 Å². The van der Waals surface area contributed by atoms with Crippen LogP contribution in [0.4, 0.5) is 0 Å². The average Bonchev–Trinajstić information content (AvgIpc) is 2.74. The highest BCUT2D eigenvalue weighted by atomic mass is 79.9. The van der Waals surface area contributed by atoms with Crippen LogP contribution in [0.5, 0.6) is 0 Å². The first kappa shape index (κ1) is 10.2. The molecule has 1 fully saturated rings. The maximum absolute atomic E-state index is 6.26. The van der Waals surface area contributed by atoms with Crippen molar-refractivity contribution in [2.24, 2.45) is 11.1 Å². The third-order valence-corrected chi connectivity index (χ3v) is 4.08. The van der Waals surface area contributed by atoms with E-state index in [1.807, 2.05) is 6.07 Å². The first-order valence-corrected chi connectivity index (χ1v) is 5.91. The van der Waals surface area contributed by atoms with Crippen LogP contribution in [-0.4, -0.2) is 0 Å². The lowest BCUT2D eigenvalue weighted by molar-refractivity contribution is 0.235. The van der Waals surface area contributed by atoms with Gasteiger partial charge in [0, 0.05) is 0 Å². The first-order valence-electron chi connectivity index (χ1n) is 5.12. The van der Waals surface area contributed by atoms with Gasteiger partial charge in [-0.25, -0.2) is 0 Å². The minimum absolute atomic E-state index is 0.0226. The van der Waals surface area contributed by atoms with Gasteiger partial charge < -0.3 is 10.2 Å². The zero-order valence-corrected chi connectivity index (χ0v) is 10.0. The zero-order chi connectivity index (χ0) is 10.2. The zero-order valence-electron chi connectivity index (χ0n) is 8.42. The van der Waals surface area contributed by atoms with Crippen molar-refractivity contribution in [2.45, 2.75) is 38.6 Å². The van der Waals surface area contributed by atoms with Crippen molar-refractivity contribution in [2.75, 3.05) is 0 Å². The lowest BCUT2D eigenvalue weighted by atomic mass is 9.80. The third kappa shape index (κ3) is 1.63. The molecule has 1 aromatic heterocycles. The highest BCUT2D eigenvalue weighted by Gasteiger charge is 2.37. The van der Waals surface area contributed by atoms with Gasteiger partial charge in [-0.15, -0.1) is 0 Å². The fourth-order valence-corrected chi connectivity index (χ4v) is 2.79. The van der Waals surface area contributed by atoms with Crippen molar-refractivity contribution >= 4 is 15.9 Å². The second-order valence-electron chi connectivity index (χ2n) is 4.47. The molecule has 14 heavy (non-hydrogen) atoms. The molecule has 0 amide bonds. The minimum Gasteiger partial charge on any atom is -0.466 e. The second kappa shape index (κ2) is 3.70. The lowest BCUT2D eigenvalue weighted by Gasteiger charge is -2.29. The fourth-order valence-electron chi connectivity index (χ4n) is 2.34. The fraction of sp³-hybridized carbons (Fsp3) is 0.636. The minimum atomic E-state index is 0.0226. The van der Waals surface area contributed by atoms with Crippen molar-refractivity contribution in [1.29, 1.82) is 0 Å². The van der Waals surface area contributed by atoms with Gasteiger partial charge in [0.25, 0.3) is 0 Å². The van der Waals surface area contributed by atoms with Crippen molar-refractivity contribution in [3.05, 3.63) is 22.6 Å². The number of hydrogen-bond donors (Lipinski definition) is 1. The van der Waals surface area contributed by atoms with Crippen LogP contribution < -0.4 is 5.73 Å². The van der Waals surface area contributed by atoms with Crippen LogP contribution in [0.3, 0.4) is 0 Å². The molecule has 1 aliphatic rings. The van der Waals surface area contributed by atoms with Crippen molar-refractivity contribution in [1.82, 2.24) is 0 Å². The Balaban J connectivity index is 2.23. The molecule has 78 valence electrons. The summed E-state index contributed by atoms with van der Waals surface area (Å²) in [6, 6.07) is 1.93. The van der Waals surface area contributed by atoms with Crippen molar-refractivity contribution in [3.63, 3.8) is 0 Å². The molecular weight excluding hydrogens is 242 g/mol. The van der Waals surface area contributed by atoms with Crippen LogP contribution in [0.2, 0.25) is 0 Å². The van der Waals surface area contributed by atoms with E-state index in [9.17, 15) is 0 Å². The third-order valence-electron chi connectivity index (χ3n) is 3.42. The Morgan fingerprint density at radius 1 is 1.50 bits per heavy atom. The highest BCUT2D eigenvalue weighted by Crippen LogP contribution is 2.47. The van der Waals surface area contributed by atoms with E-state index in [4.69, 9.17) is 10.2 Å². The number of furan rings is 1. The number of rotatable bonds is 2. The van der Waals surface area contributed by atoms with E-state index in [0.717, 1.165) is 10.2 Å². The number of hydrogen-bond acceptors (Lipinski definition) is 2. The molecule has 0 saturated heterocycles. The molecule has 2 N–H and O–H groups in total. The Morgan fingerprint density at radius 3 is 2.64 bits per heavy atom. The van der Waals surface area contributed by atoms with Gasteiger partial charge in [-0.2, -0.15) is 0 Å². The van der Waals surface area contributed by atoms with E-state index in [1.165, 1.54) is 25.7 Å². The smallest absolute Gasteiger partial charge is 0.135 e. The Bertz CT molecular complexity index is 315. The summed E-state index contributed by atoms with van der Waals surface area (Å²) in [4.78, 5) is 0. The summed E-state index contributed by atoms with van der Waals surface area (Å²) < 4.78 is 6.43. The summed E-state index contributed by atoms with van der Waals surface area (Å²) >= 11 is 3.46. The largest absolute Gasteiger partial charge is 0.466 e. The first-order chi connectivity index (χ1) is 6.63. The Morgan fingerprint density at radius 2 is 2.14 bits per heavy atom. The molecule has 1 unspecified atom stereocenters. The van der Waals surface area contributed by atoms with Crippen LogP contribution in [0.15, 0.2) is 21.2 Å². The molecule has 1 saturated carbocycles. The molecule has 2 rings (SSSR count). The van der Waals surface area contributed by atoms with E-state index in [0.29, 0.717) is 0 Å². The summed E-state index contributed by atoms with van der Waals surface area (Å²) in [6.07, 6.45) is 6.70. The van der Waals surface area contributed by atoms with Gasteiger partial charge in [0.2, 0.25) is 0 Å². The van der Waals surface area contributed by atoms with Crippen LogP contribution in [0, 0.1) is 5.41 Å². The van der Waals surface area contributed by atoms with Crippen molar-refractivity contribution in [3.8, 4) is 0 Å². The normalized spacial score (nSPS) is 22.5. The maximum atomic E-state index is 6.26. The van der Waals surface area contributed by atoms with Gasteiger partial charge >= 0.3 is 0 Å². The molecule has 3 heteroatoms. The van der Waals surface area contributed by atoms with E-state index in [1.54, 1.807) is 6.26 Å². The average molecular weight is 258 g/mol. The molecule has 1 heterocycles. The highest BCUT2D eigenvalue weighted by molar-refractivity contribution is 9.10. The maximum Gasteiger partial charge on any atom is 0.135 e. The summed E-state index contributed by atoms with van der Waals surface area (Å²) in [5, 5.41) is 0. The van der Waals surface area contributed by atoms with Gasteiger partial charge in [-0.3, -0.25) is 0 Å². The van der Waals surface area contributed by atoms with Crippen LogP contribution >= 0.6 is 15.9 Å². The predicted molar refractivity (Wildman–Crippen MR) is 59.9 cm³/mol. The Hall–Kier alpha value is -0.280. The van der Waals surface area contributed by atoms with E-state index in [-0.39, 0.29) is 11.5 Å². The summed E-state index contributed by atoms with van der Waals surface area (Å²) in [6.45, 7) is 2.26. The van der Waals surface area contributed by atoms with Crippen molar-refractivity contribution < 1.29 is 4.42 Å². The number of halogens is 1. The van der Waals surface area contributed by atoms with Gasteiger partial charge in [0.15, 0.2) is 0 Å². The molecular formula is C11H16BrNO. The molecule has 0 spiro atoms. The van der Waals surface area contributed by atoms with Gasteiger partial charge in [-0.05, 0) is 40.3 Å². The van der Waals surface area contributed by atoms with Crippen LogP contribution in [-0.2, 0) is 0 Å². The SMILES string of the molecule is CC1(C(N)c2occc2Br)CCCC1. The standard InChI is InChI=1S/C11H16BrNO/c1-11(5-2-3-6-11)10(13)9-8(12)4-7-14-9/h4,7,10H,2-3,5-6,13H2,1H3. The molecule has 0 radical (unpaired) electrons. The Kier molecular flexibility index (Phi) is 2.71. The van der Waals surface area contributed by atoms with Crippen LogP contribution in [0.1, 0.15) is 44.4 Å². The van der Waals surface area contributed by atoms with Gasteiger partial charge in [0.05, 0.1) is 16.8 Å². The molecule has 2 nitrogen and oxygen atoms in total. The molecule has 0 bridgehead atoms. The summed E-state index contributed by atoms with van der Waals surface area (Å²) in [5.74, 6) is 0.898. The Labute approximate surface area is 93.0 Å². The van der Waals surface area contributed by atoms with E-state index >= 15 is 0 Å². The quantitative estimate of drug-likeness (QED) is 0.879. The second-order valence-corrected chi connectivity index (χ2v) is 5.33. The van der Waals surface area contributed by atoms with E-state index in [2.05, 4.69) is 22.9 Å².